The lowest BCUT2D eigenvalue weighted by atomic mass is 10.2. The number of carboxylic acids is 1. The Labute approximate surface area is 102 Å². The number of rotatable bonds is 7. The number of carbonyl (C=O) groups is 1. The zero-order chi connectivity index (χ0) is 12.8. The minimum absolute atomic E-state index is 0.231. The first-order chi connectivity index (χ1) is 8.00. The Morgan fingerprint density at radius 2 is 2.29 bits per heavy atom. The van der Waals surface area contributed by atoms with E-state index in [1.807, 2.05) is 17.8 Å². The molecule has 0 amide bonds. The molecule has 0 aliphatic heterocycles. The highest BCUT2D eigenvalue weighted by atomic mass is 16.4. The van der Waals surface area contributed by atoms with Crippen molar-refractivity contribution in [1.82, 2.24) is 14.5 Å². The van der Waals surface area contributed by atoms with Gasteiger partial charge in [0.15, 0.2) is 0 Å². The zero-order valence-electron chi connectivity index (χ0n) is 10.8. The SMILES string of the molecule is CC(C)N(CCCC(=O)O)Cc1cncn1C. The van der Waals surface area contributed by atoms with Crippen LogP contribution in [0.3, 0.4) is 0 Å². The van der Waals surface area contributed by atoms with E-state index >= 15 is 0 Å². The Morgan fingerprint density at radius 1 is 1.59 bits per heavy atom. The lowest BCUT2D eigenvalue weighted by molar-refractivity contribution is -0.137. The minimum Gasteiger partial charge on any atom is -0.481 e. The van der Waals surface area contributed by atoms with E-state index < -0.39 is 5.97 Å². The number of nitrogens with zero attached hydrogens (tertiary/aromatic N) is 3. The van der Waals surface area contributed by atoms with Crippen LogP contribution in [0.1, 0.15) is 32.4 Å². The highest BCUT2D eigenvalue weighted by Gasteiger charge is 2.12. The lowest BCUT2D eigenvalue weighted by Gasteiger charge is -2.26. The number of aryl methyl sites for hydroxylation is 1. The van der Waals surface area contributed by atoms with Crippen LogP contribution in [0.4, 0.5) is 0 Å². The van der Waals surface area contributed by atoms with Crippen molar-refractivity contribution in [2.24, 2.45) is 7.05 Å². The third-order valence-electron chi connectivity index (χ3n) is 2.85. The smallest absolute Gasteiger partial charge is 0.303 e. The molecule has 96 valence electrons. The van der Waals surface area contributed by atoms with Crippen LogP contribution in [0.2, 0.25) is 0 Å². The van der Waals surface area contributed by atoms with Gasteiger partial charge in [0.25, 0.3) is 0 Å². The molecule has 0 spiro atoms. The van der Waals surface area contributed by atoms with Crippen molar-refractivity contribution in [3.05, 3.63) is 18.2 Å². The second kappa shape index (κ2) is 6.39. The second-order valence-corrected chi connectivity index (χ2v) is 4.56. The van der Waals surface area contributed by atoms with Crippen LogP contribution in [0, 0.1) is 0 Å². The van der Waals surface area contributed by atoms with Crippen LogP contribution in [0.25, 0.3) is 0 Å². The van der Waals surface area contributed by atoms with E-state index in [1.54, 1.807) is 6.33 Å². The number of aromatic nitrogens is 2. The quantitative estimate of drug-likeness (QED) is 0.783. The Morgan fingerprint density at radius 3 is 2.76 bits per heavy atom. The topological polar surface area (TPSA) is 58.4 Å². The first kappa shape index (κ1) is 13.7. The Balaban J connectivity index is 2.49. The third kappa shape index (κ3) is 4.56. The van der Waals surface area contributed by atoms with Crippen molar-refractivity contribution in [2.45, 2.75) is 39.3 Å². The summed E-state index contributed by atoms with van der Waals surface area (Å²) in [4.78, 5) is 16.8. The van der Waals surface area contributed by atoms with Gasteiger partial charge in [0, 0.05) is 32.3 Å². The second-order valence-electron chi connectivity index (χ2n) is 4.56. The van der Waals surface area contributed by atoms with Crippen LogP contribution >= 0.6 is 0 Å². The molecule has 0 saturated carbocycles. The summed E-state index contributed by atoms with van der Waals surface area (Å²) >= 11 is 0. The third-order valence-corrected chi connectivity index (χ3v) is 2.85. The first-order valence-corrected chi connectivity index (χ1v) is 5.91. The Bertz CT molecular complexity index is 360. The normalized spacial score (nSPS) is 11.4. The monoisotopic (exact) mass is 239 g/mol. The fourth-order valence-electron chi connectivity index (χ4n) is 1.70. The molecule has 0 atom stereocenters. The molecule has 0 aliphatic rings. The predicted molar refractivity (Wildman–Crippen MR) is 65.6 cm³/mol. The fourth-order valence-corrected chi connectivity index (χ4v) is 1.70. The maximum absolute atomic E-state index is 10.5. The summed E-state index contributed by atoms with van der Waals surface area (Å²) < 4.78 is 1.99. The fraction of sp³-hybridized carbons (Fsp3) is 0.667. The predicted octanol–water partition coefficient (Wildman–Crippen LogP) is 1.50. The van der Waals surface area contributed by atoms with E-state index in [0.717, 1.165) is 18.8 Å². The molecule has 1 heterocycles. The molecule has 0 aromatic carbocycles. The number of hydrogen-bond donors (Lipinski definition) is 1. The van der Waals surface area contributed by atoms with Crippen molar-refractivity contribution in [1.29, 1.82) is 0 Å². The van der Waals surface area contributed by atoms with E-state index in [9.17, 15) is 4.79 Å². The van der Waals surface area contributed by atoms with Crippen molar-refractivity contribution in [3.63, 3.8) is 0 Å². The number of imidazole rings is 1. The maximum atomic E-state index is 10.5. The van der Waals surface area contributed by atoms with Crippen LogP contribution < -0.4 is 0 Å². The number of carboxylic acid groups (broad SMARTS) is 1. The largest absolute Gasteiger partial charge is 0.481 e. The molecule has 5 heteroatoms. The van der Waals surface area contributed by atoms with Crippen LogP contribution in [0.15, 0.2) is 12.5 Å². The first-order valence-electron chi connectivity index (χ1n) is 5.91. The molecule has 17 heavy (non-hydrogen) atoms. The molecule has 5 nitrogen and oxygen atoms in total. The van der Waals surface area contributed by atoms with Gasteiger partial charge in [-0.3, -0.25) is 9.69 Å². The van der Waals surface area contributed by atoms with Gasteiger partial charge in [-0.15, -0.1) is 0 Å². The summed E-state index contributed by atoms with van der Waals surface area (Å²) in [5.41, 5.74) is 1.15. The summed E-state index contributed by atoms with van der Waals surface area (Å²) in [5.74, 6) is -0.728. The van der Waals surface area contributed by atoms with Crippen molar-refractivity contribution >= 4 is 5.97 Å². The molecule has 1 rings (SSSR count). The van der Waals surface area contributed by atoms with E-state index in [1.165, 1.54) is 0 Å². The van der Waals surface area contributed by atoms with Crippen LogP contribution in [0.5, 0.6) is 0 Å². The van der Waals surface area contributed by atoms with E-state index in [0.29, 0.717) is 12.5 Å². The average Bonchev–Trinajstić information content (AvgIpc) is 2.62. The van der Waals surface area contributed by atoms with Gasteiger partial charge < -0.3 is 9.67 Å². The lowest BCUT2D eigenvalue weighted by Crippen LogP contribution is -2.32. The summed E-state index contributed by atoms with van der Waals surface area (Å²) in [7, 11) is 1.97. The molecule has 0 unspecified atom stereocenters. The van der Waals surface area contributed by atoms with Gasteiger partial charge in [-0.05, 0) is 26.8 Å². The zero-order valence-corrected chi connectivity index (χ0v) is 10.8. The van der Waals surface area contributed by atoms with E-state index in [2.05, 4.69) is 23.7 Å². The van der Waals surface area contributed by atoms with Gasteiger partial charge in [0.1, 0.15) is 0 Å². The van der Waals surface area contributed by atoms with E-state index in [-0.39, 0.29) is 6.42 Å². The van der Waals surface area contributed by atoms with Gasteiger partial charge in [0.05, 0.1) is 12.0 Å². The average molecular weight is 239 g/mol. The summed E-state index contributed by atoms with van der Waals surface area (Å²) in [6.45, 7) is 5.86. The molecular formula is C12H21N3O2. The van der Waals surface area contributed by atoms with Crippen LogP contribution in [-0.4, -0.2) is 38.1 Å². The van der Waals surface area contributed by atoms with Crippen LogP contribution in [-0.2, 0) is 18.4 Å². The standard InChI is InChI=1S/C12H21N3O2/c1-10(2)15(6-4-5-12(16)17)8-11-7-13-9-14(11)3/h7,9-10H,4-6,8H2,1-3H3,(H,16,17). The van der Waals surface area contributed by atoms with Crippen molar-refractivity contribution in [2.75, 3.05) is 6.54 Å². The molecule has 0 saturated heterocycles. The Hall–Kier alpha value is -1.36. The summed E-state index contributed by atoms with van der Waals surface area (Å²) in [6.07, 6.45) is 4.55. The van der Waals surface area contributed by atoms with Gasteiger partial charge in [-0.2, -0.15) is 0 Å². The molecule has 1 aromatic rings. The van der Waals surface area contributed by atoms with Crippen molar-refractivity contribution < 1.29 is 9.90 Å². The Kier molecular flexibility index (Phi) is 5.15. The number of hydrogen-bond acceptors (Lipinski definition) is 3. The summed E-state index contributed by atoms with van der Waals surface area (Å²) in [5, 5.41) is 8.63. The highest BCUT2D eigenvalue weighted by molar-refractivity contribution is 5.66. The maximum Gasteiger partial charge on any atom is 0.303 e. The van der Waals surface area contributed by atoms with Gasteiger partial charge >= 0.3 is 5.97 Å². The molecule has 0 aliphatic carbocycles. The van der Waals surface area contributed by atoms with Crippen molar-refractivity contribution in [3.8, 4) is 0 Å². The van der Waals surface area contributed by atoms with E-state index in [4.69, 9.17) is 5.11 Å². The summed E-state index contributed by atoms with van der Waals surface area (Å²) in [6, 6.07) is 0.402. The molecule has 0 radical (unpaired) electrons. The molecular weight excluding hydrogens is 218 g/mol. The highest BCUT2D eigenvalue weighted by Crippen LogP contribution is 2.08. The van der Waals surface area contributed by atoms with Gasteiger partial charge in [0.2, 0.25) is 0 Å². The molecule has 0 fully saturated rings. The van der Waals surface area contributed by atoms with Gasteiger partial charge in [-0.1, -0.05) is 0 Å². The number of aliphatic carboxylic acids is 1. The minimum atomic E-state index is -0.728. The molecule has 0 bridgehead atoms. The van der Waals surface area contributed by atoms with Gasteiger partial charge in [-0.25, -0.2) is 4.98 Å². The molecule has 1 aromatic heterocycles. The molecule has 1 N–H and O–H groups in total.